The van der Waals surface area contributed by atoms with Crippen LogP contribution in [-0.2, 0) is 27.3 Å². The smallest absolute Gasteiger partial charge is 0.435 e. The second-order valence-electron chi connectivity index (χ2n) is 16.2. The van der Waals surface area contributed by atoms with Crippen molar-refractivity contribution in [1.29, 1.82) is 0 Å². The summed E-state index contributed by atoms with van der Waals surface area (Å²) in [4.78, 5) is 58.9. The van der Waals surface area contributed by atoms with E-state index in [2.05, 4.69) is 15.7 Å². The van der Waals surface area contributed by atoms with Gasteiger partial charge in [-0.3, -0.25) is 9.28 Å². The molecule has 3 saturated heterocycles. The summed E-state index contributed by atoms with van der Waals surface area (Å²) in [6.07, 6.45) is 8.22. The van der Waals surface area contributed by atoms with Crippen LogP contribution in [0.15, 0.2) is 48.7 Å². The zero-order valence-electron chi connectivity index (χ0n) is 30.9. The Labute approximate surface area is 306 Å². The Morgan fingerprint density at radius 2 is 1.71 bits per heavy atom. The van der Waals surface area contributed by atoms with Crippen LogP contribution in [0.3, 0.4) is 0 Å². The van der Waals surface area contributed by atoms with Gasteiger partial charge in [0.2, 0.25) is 5.91 Å². The number of amides is 4. The lowest BCUT2D eigenvalue weighted by Crippen LogP contribution is -2.65. The Bertz CT molecular complexity index is 1790. The van der Waals surface area contributed by atoms with E-state index in [-0.39, 0.29) is 36.3 Å². The molecule has 4 aliphatic rings. The number of piperidine rings is 3. The zero-order valence-corrected chi connectivity index (χ0v) is 30.9. The molecule has 0 spiro atoms. The lowest BCUT2D eigenvalue weighted by Gasteiger charge is -2.48. The molecule has 12 heteroatoms. The molecule has 0 bridgehead atoms. The molecule has 1 aromatic heterocycles. The second kappa shape index (κ2) is 15.0. The van der Waals surface area contributed by atoms with E-state index in [0.29, 0.717) is 48.9 Å². The third-order valence-electron chi connectivity index (χ3n) is 11.6. The fourth-order valence-corrected chi connectivity index (χ4v) is 8.98. The molecule has 1 unspecified atom stereocenters. The number of para-hydroxylation sites is 1. The van der Waals surface area contributed by atoms with Gasteiger partial charge < -0.3 is 25.2 Å². The van der Waals surface area contributed by atoms with Crippen molar-refractivity contribution in [3.63, 3.8) is 0 Å². The quantitative estimate of drug-likeness (QED) is 0.302. The van der Waals surface area contributed by atoms with Gasteiger partial charge in [-0.05, 0) is 88.6 Å². The van der Waals surface area contributed by atoms with Crippen molar-refractivity contribution < 1.29 is 28.4 Å². The van der Waals surface area contributed by atoms with Gasteiger partial charge in [0.25, 0.3) is 0 Å². The first-order valence-corrected chi connectivity index (χ1v) is 19.3. The third-order valence-corrected chi connectivity index (χ3v) is 11.6. The predicted molar refractivity (Wildman–Crippen MR) is 199 cm³/mol. The number of urea groups is 1. The first-order valence-electron chi connectivity index (χ1n) is 19.3. The maximum atomic E-state index is 15.1. The van der Waals surface area contributed by atoms with Crippen molar-refractivity contribution in [2.24, 2.45) is 5.92 Å². The molecule has 12 nitrogen and oxygen atoms in total. The van der Waals surface area contributed by atoms with E-state index in [1.807, 2.05) is 73.0 Å². The minimum absolute atomic E-state index is 0.00420. The van der Waals surface area contributed by atoms with Crippen molar-refractivity contribution in [2.45, 2.75) is 103 Å². The Balaban J connectivity index is 1.10. The number of nitrogens with zero attached hydrogens (tertiary/aromatic N) is 5. The number of aromatic nitrogens is 2. The molecule has 4 aliphatic heterocycles. The number of ether oxygens (including phenoxy) is 1. The normalized spacial score (nSPS) is 20.6. The molecule has 7 rings (SSSR count). The van der Waals surface area contributed by atoms with Crippen molar-refractivity contribution in [3.05, 3.63) is 59.8 Å². The molecule has 2 aromatic carbocycles. The van der Waals surface area contributed by atoms with Crippen molar-refractivity contribution >= 4 is 40.5 Å². The van der Waals surface area contributed by atoms with Gasteiger partial charge in [0.05, 0.1) is 36.8 Å². The van der Waals surface area contributed by atoms with E-state index in [1.165, 1.54) is 4.68 Å². The van der Waals surface area contributed by atoms with E-state index in [9.17, 15) is 14.4 Å². The Morgan fingerprint density at radius 1 is 0.981 bits per heavy atom. The summed E-state index contributed by atoms with van der Waals surface area (Å²) in [5.74, 6) is -0.284. The lowest BCUT2D eigenvalue weighted by molar-refractivity contribution is -0.887. The summed E-state index contributed by atoms with van der Waals surface area (Å²) in [7, 11) is 0. The SMILES string of the molecule is CC(C)(C)OC(=O)n1ncc2cc(CC(CC(=O)N3CCC(N4Cc5ccccc5NC4=O)CC3)C(=O)[N+]3(C4CCNCC4)CCCCC3)ccc21. The maximum Gasteiger partial charge on any atom is 0.435 e. The van der Waals surface area contributed by atoms with Gasteiger partial charge in [0.15, 0.2) is 0 Å². The fraction of sp³-hybridized carbons (Fsp3) is 0.575. The topological polar surface area (TPSA) is 126 Å². The summed E-state index contributed by atoms with van der Waals surface area (Å²) in [5.41, 5.74) is 2.89. The highest BCUT2D eigenvalue weighted by Gasteiger charge is 2.49. The van der Waals surface area contributed by atoms with Crippen LogP contribution in [0.2, 0.25) is 0 Å². The van der Waals surface area contributed by atoms with Crippen LogP contribution >= 0.6 is 0 Å². The van der Waals surface area contributed by atoms with Gasteiger partial charge in [-0.1, -0.05) is 24.3 Å². The van der Waals surface area contributed by atoms with Crippen LogP contribution in [0, 0.1) is 5.92 Å². The van der Waals surface area contributed by atoms with E-state index in [1.54, 1.807) is 6.20 Å². The Hall–Kier alpha value is -4.29. The predicted octanol–water partition coefficient (Wildman–Crippen LogP) is 5.69. The number of carbonyl (C=O) groups is 4. The van der Waals surface area contributed by atoms with Crippen molar-refractivity contribution in [1.82, 2.24) is 24.9 Å². The van der Waals surface area contributed by atoms with E-state index >= 15 is 4.79 Å². The number of hydrogen-bond donors (Lipinski definition) is 2. The lowest BCUT2D eigenvalue weighted by atomic mass is 9.88. The van der Waals surface area contributed by atoms with Crippen LogP contribution in [0.5, 0.6) is 0 Å². The largest absolute Gasteiger partial charge is 0.442 e. The first-order chi connectivity index (χ1) is 25.0. The molecule has 3 aromatic rings. The van der Waals surface area contributed by atoms with Crippen LogP contribution in [0.1, 0.15) is 83.3 Å². The first kappa shape index (κ1) is 36.1. The van der Waals surface area contributed by atoms with Crippen molar-refractivity contribution in [3.8, 4) is 0 Å². The van der Waals surface area contributed by atoms with Gasteiger partial charge in [-0.15, -0.1) is 0 Å². The van der Waals surface area contributed by atoms with Crippen LogP contribution in [0.25, 0.3) is 10.9 Å². The summed E-state index contributed by atoms with van der Waals surface area (Å²) in [6, 6.07) is 13.9. The molecule has 52 heavy (non-hydrogen) atoms. The number of fused-ring (bicyclic) bond motifs is 2. The molecular formula is C40H54N7O5+. The summed E-state index contributed by atoms with van der Waals surface area (Å²) in [6.45, 7) is 10.6. The summed E-state index contributed by atoms with van der Waals surface area (Å²) >= 11 is 0. The van der Waals surface area contributed by atoms with Gasteiger partial charge in [-0.2, -0.15) is 9.78 Å². The number of rotatable bonds is 7. The number of quaternary nitrogens is 1. The van der Waals surface area contributed by atoms with E-state index in [0.717, 1.165) is 80.5 Å². The molecular weight excluding hydrogens is 658 g/mol. The van der Waals surface area contributed by atoms with Crippen molar-refractivity contribution in [2.75, 3.05) is 44.6 Å². The minimum Gasteiger partial charge on any atom is -0.442 e. The minimum atomic E-state index is -0.652. The van der Waals surface area contributed by atoms with Gasteiger partial charge in [-0.25, -0.2) is 14.4 Å². The number of anilines is 1. The Morgan fingerprint density at radius 3 is 2.44 bits per heavy atom. The van der Waals surface area contributed by atoms with Crippen LogP contribution in [0.4, 0.5) is 15.3 Å². The zero-order chi connectivity index (χ0) is 36.5. The van der Waals surface area contributed by atoms with Gasteiger partial charge >= 0.3 is 18.0 Å². The average Bonchev–Trinajstić information content (AvgIpc) is 3.58. The second-order valence-corrected chi connectivity index (χ2v) is 16.2. The molecule has 3 fully saturated rings. The maximum absolute atomic E-state index is 15.1. The average molecular weight is 713 g/mol. The number of benzene rings is 2. The summed E-state index contributed by atoms with van der Waals surface area (Å²) < 4.78 is 7.31. The number of carbonyl (C=O) groups excluding carboxylic acids is 4. The molecule has 0 radical (unpaired) electrons. The molecule has 5 heterocycles. The molecule has 1 atom stereocenters. The van der Waals surface area contributed by atoms with Crippen LogP contribution in [-0.4, -0.2) is 105 Å². The standard InChI is InChI=1S/C40H53N7O5/c1-40(2,3)52-39(51)46-35-12-11-28(24-31(35)26-42-46)23-30(37(49)47(21-7-4-8-22-47)33-13-17-41-18-14-33)25-36(48)44-19-15-32(16-20-44)45-27-29-9-5-6-10-34(29)43-38(45)50/h5-6,9-12,24,26,30,32-33,41H,4,7-8,13-23,25,27H2,1-3H3/p+1. The van der Waals surface area contributed by atoms with Crippen LogP contribution < -0.4 is 10.6 Å². The highest BCUT2D eigenvalue weighted by atomic mass is 16.6. The highest BCUT2D eigenvalue weighted by molar-refractivity contribution is 5.92. The highest BCUT2D eigenvalue weighted by Crippen LogP contribution is 2.34. The van der Waals surface area contributed by atoms with Gasteiger partial charge in [0, 0.05) is 69.1 Å². The monoisotopic (exact) mass is 712 g/mol. The molecule has 0 saturated carbocycles. The molecule has 4 amide bonds. The number of likely N-dealkylation sites (tertiary alicyclic amines) is 2. The van der Waals surface area contributed by atoms with E-state index < -0.39 is 17.6 Å². The molecule has 278 valence electrons. The molecule has 2 N–H and O–H groups in total. The number of hydrogen-bond acceptors (Lipinski definition) is 7. The number of nitrogens with one attached hydrogen (secondary N) is 2. The Kier molecular flexibility index (Phi) is 10.4. The van der Waals surface area contributed by atoms with Gasteiger partial charge in [0.1, 0.15) is 5.60 Å². The fourth-order valence-electron chi connectivity index (χ4n) is 8.98. The third kappa shape index (κ3) is 7.59. The summed E-state index contributed by atoms with van der Waals surface area (Å²) in [5, 5.41) is 11.6. The van der Waals surface area contributed by atoms with E-state index in [4.69, 9.17) is 4.74 Å². The molecule has 0 aliphatic carbocycles.